The minimum atomic E-state index is -0.367. The number of methoxy groups -OCH3 is 2. The van der Waals surface area contributed by atoms with Crippen LogP contribution in [0, 0.1) is 11.3 Å². The van der Waals surface area contributed by atoms with Crippen molar-refractivity contribution in [1.82, 2.24) is 0 Å². The number of carbonyl (C=O) groups excluding carboxylic acids is 1. The molecule has 0 fully saturated rings. The fourth-order valence-corrected chi connectivity index (χ4v) is 2.59. The second kappa shape index (κ2) is 6.82. The molecule has 0 atom stereocenters. The molecule has 0 N–H and O–H groups in total. The molecule has 0 bridgehead atoms. The summed E-state index contributed by atoms with van der Waals surface area (Å²) in [5.74, 6) is 0.283. The molecule has 4 nitrogen and oxygen atoms in total. The van der Waals surface area contributed by atoms with E-state index in [9.17, 15) is 10.1 Å². The zero-order valence-electron chi connectivity index (χ0n) is 11.6. The van der Waals surface area contributed by atoms with Crippen molar-refractivity contribution in [2.24, 2.45) is 0 Å². The van der Waals surface area contributed by atoms with E-state index in [0.717, 1.165) is 9.79 Å². The molecule has 0 aliphatic carbocycles. The molecule has 106 valence electrons. The molecule has 0 unspecified atom stereocenters. The summed E-state index contributed by atoms with van der Waals surface area (Å²) in [6.45, 7) is 0. The first-order chi connectivity index (χ1) is 10.2. The van der Waals surface area contributed by atoms with Gasteiger partial charge in [0.15, 0.2) is 0 Å². The topological polar surface area (TPSA) is 59.3 Å². The first-order valence-corrected chi connectivity index (χ1v) is 6.94. The molecule has 2 aromatic carbocycles. The van der Waals surface area contributed by atoms with Crippen LogP contribution in [-0.2, 0) is 4.74 Å². The van der Waals surface area contributed by atoms with Crippen LogP contribution in [0.3, 0.4) is 0 Å². The number of esters is 1. The van der Waals surface area contributed by atoms with Crippen LogP contribution >= 0.6 is 11.8 Å². The molecular formula is C16H13NO3S. The molecule has 0 aliphatic heterocycles. The summed E-state index contributed by atoms with van der Waals surface area (Å²) in [6.07, 6.45) is 0. The van der Waals surface area contributed by atoms with E-state index < -0.39 is 0 Å². The van der Waals surface area contributed by atoms with Gasteiger partial charge in [-0.1, -0.05) is 11.8 Å². The van der Waals surface area contributed by atoms with E-state index in [0.29, 0.717) is 16.9 Å². The molecule has 2 rings (SSSR count). The predicted octanol–water partition coefficient (Wildman–Crippen LogP) is 3.50. The Hall–Kier alpha value is -2.45. The quantitative estimate of drug-likeness (QED) is 0.809. The maximum atomic E-state index is 11.4. The van der Waals surface area contributed by atoms with Crippen molar-refractivity contribution in [3.63, 3.8) is 0 Å². The van der Waals surface area contributed by atoms with Gasteiger partial charge in [0.25, 0.3) is 0 Å². The van der Waals surface area contributed by atoms with Gasteiger partial charge in [0.05, 0.1) is 25.3 Å². The number of rotatable bonds is 4. The van der Waals surface area contributed by atoms with Crippen LogP contribution in [0.4, 0.5) is 0 Å². The lowest BCUT2D eigenvalue weighted by Crippen LogP contribution is -2.00. The van der Waals surface area contributed by atoms with E-state index in [1.807, 2.05) is 24.3 Å². The van der Waals surface area contributed by atoms with Crippen molar-refractivity contribution in [2.45, 2.75) is 9.79 Å². The highest BCUT2D eigenvalue weighted by Crippen LogP contribution is 2.32. The first-order valence-electron chi connectivity index (χ1n) is 6.12. The maximum absolute atomic E-state index is 11.4. The number of hydrogen-bond donors (Lipinski definition) is 0. The largest absolute Gasteiger partial charge is 0.497 e. The number of hydrogen-bond acceptors (Lipinski definition) is 5. The molecule has 0 aliphatic rings. The van der Waals surface area contributed by atoms with Crippen molar-refractivity contribution < 1.29 is 14.3 Å². The van der Waals surface area contributed by atoms with Gasteiger partial charge in [-0.05, 0) is 42.5 Å². The standard InChI is InChI=1S/C16H13NO3S/c1-19-13-5-8-15(12(9-13)10-17)21-14-6-3-11(4-7-14)16(18)20-2/h3-9H,1-2H3. The van der Waals surface area contributed by atoms with E-state index >= 15 is 0 Å². The lowest BCUT2D eigenvalue weighted by molar-refractivity contribution is 0.0600. The highest BCUT2D eigenvalue weighted by molar-refractivity contribution is 7.99. The van der Waals surface area contributed by atoms with Gasteiger partial charge in [-0.25, -0.2) is 4.79 Å². The van der Waals surface area contributed by atoms with Gasteiger partial charge in [-0.15, -0.1) is 0 Å². The Balaban J connectivity index is 2.22. The number of benzene rings is 2. The minimum Gasteiger partial charge on any atom is -0.497 e. The Bertz CT molecular complexity index is 690. The number of carbonyl (C=O) groups is 1. The van der Waals surface area contributed by atoms with Crippen molar-refractivity contribution in [3.8, 4) is 11.8 Å². The third-order valence-electron chi connectivity index (χ3n) is 2.81. The number of nitriles is 1. The molecule has 0 amide bonds. The van der Waals surface area contributed by atoms with Crippen LogP contribution in [0.2, 0.25) is 0 Å². The Morgan fingerprint density at radius 1 is 1.14 bits per heavy atom. The predicted molar refractivity (Wildman–Crippen MR) is 79.6 cm³/mol. The van der Waals surface area contributed by atoms with Gasteiger partial charge in [0, 0.05) is 9.79 Å². The molecule has 5 heteroatoms. The summed E-state index contributed by atoms with van der Waals surface area (Å²) in [6, 6.07) is 14.5. The molecular weight excluding hydrogens is 286 g/mol. The van der Waals surface area contributed by atoms with Crippen LogP contribution in [0.25, 0.3) is 0 Å². The van der Waals surface area contributed by atoms with E-state index in [-0.39, 0.29) is 5.97 Å². The van der Waals surface area contributed by atoms with E-state index in [4.69, 9.17) is 4.74 Å². The lowest BCUT2D eigenvalue weighted by Gasteiger charge is -2.07. The van der Waals surface area contributed by atoms with Gasteiger partial charge in [0.1, 0.15) is 11.8 Å². The minimum absolute atomic E-state index is 0.367. The number of nitrogens with zero attached hydrogens (tertiary/aromatic N) is 1. The SMILES string of the molecule is COC(=O)c1ccc(Sc2ccc(OC)cc2C#N)cc1. The summed E-state index contributed by atoms with van der Waals surface area (Å²) >= 11 is 1.46. The van der Waals surface area contributed by atoms with E-state index in [1.54, 1.807) is 25.3 Å². The van der Waals surface area contributed by atoms with Crippen LogP contribution < -0.4 is 4.74 Å². The van der Waals surface area contributed by atoms with Crippen molar-refractivity contribution in [2.75, 3.05) is 14.2 Å². The summed E-state index contributed by atoms with van der Waals surface area (Å²) in [5.41, 5.74) is 1.05. The Labute approximate surface area is 127 Å². The molecule has 0 spiro atoms. The second-order valence-electron chi connectivity index (χ2n) is 4.09. The molecule has 0 saturated carbocycles. The van der Waals surface area contributed by atoms with E-state index in [1.165, 1.54) is 18.9 Å². The van der Waals surface area contributed by atoms with Crippen molar-refractivity contribution in [1.29, 1.82) is 5.26 Å². The summed E-state index contributed by atoms with van der Waals surface area (Å²) in [7, 11) is 2.91. The summed E-state index contributed by atoms with van der Waals surface area (Å²) in [5, 5.41) is 9.19. The number of ether oxygens (including phenoxy) is 2. The molecule has 0 aromatic heterocycles. The van der Waals surface area contributed by atoms with Gasteiger partial charge >= 0.3 is 5.97 Å². The highest BCUT2D eigenvalue weighted by Gasteiger charge is 2.08. The lowest BCUT2D eigenvalue weighted by atomic mass is 10.2. The summed E-state index contributed by atoms with van der Waals surface area (Å²) in [4.78, 5) is 13.1. The van der Waals surface area contributed by atoms with Crippen LogP contribution in [0.1, 0.15) is 15.9 Å². The maximum Gasteiger partial charge on any atom is 0.337 e. The Morgan fingerprint density at radius 2 is 1.86 bits per heavy atom. The zero-order valence-corrected chi connectivity index (χ0v) is 12.4. The second-order valence-corrected chi connectivity index (χ2v) is 5.21. The first kappa shape index (κ1) is 14.9. The smallest absolute Gasteiger partial charge is 0.337 e. The van der Waals surface area contributed by atoms with Gasteiger partial charge < -0.3 is 9.47 Å². The average molecular weight is 299 g/mol. The van der Waals surface area contributed by atoms with Crippen LogP contribution in [-0.4, -0.2) is 20.2 Å². The summed E-state index contributed by atoms with van der Waals surface area (Å²) < 4.78 is 9.76. The van der Waals surface area contributed by atoms with Gasteiger partial charge in [-0.2, -0.15) is 5.26 Å². The molecule has 21 heavy (non-hydrogen) atoms. The van der Waals surface area contributed by atoms with Crippen LogP contribution in [0.15, 0.2) is 52.3 Å². The molecule has 0 radical (unpaired) electrons. The Kier molecular flexibility index (Phi) is 4.85. The van der Waals surface area contributed by atoms with Crippen molar-refractivity contribution >= 4 is 17.7 Å². The Morgan fingerprint density at radius 3 is 2.43 bits per heavy atom. The zero-order chi connectivity index (χ0) is 15.2. The monoisotopic (exact) mass is 299 g/mol. The highest BCUT2D eigenvalue weighted by atomic mass is 32.2. The fourth-order valence-electron chi connectivity index (χ4n) is 1.72. The molecule has 0 heterocycles. The normalized spacial score (nSPS) is 9.76. The third kappa shape index (κ3) is 3.56. The molecule has 2 aromatic rings. The third-order valence-corrected chi connectivity index (χ3v) is 3.89. The van der Waals surface area contributed by atoms with Gasteiger partial charge in [0.2, 0.25) is 0 Å². The van der Waals surface area contributed by atoms with Crippen LogP contribution in [0.5, 0.6) is 5.75 Å². The van der Waals surface area contributed by atoms with Crippen molar-refractivity contribution in [3.05, 3.63) is 53.6 Å². The van der Waals surface area contributed by atoms with E-state index in [2.05, 4.69) is 10.8 Å². The fraction of sp³-hybridized carbons (Fsp3) is 0.125. The van der Waals surface area contributed by atoms with Gasteiger partial charge in [-0.3, -0.25) is 0 Å². The average Bonchev–Trinajstić information content (AvgIpc) is 2.55. The molecule has 0 saturated heterocycles.